The Morgan fingerprint density at radius 3 is 2.70 bits per heavy atom. The van der Waals surface area contributed by atoms with Crippen LogP contribution in [0.4, 0.5) is 5.82 Å². The van der Waals surface area contributed by atoms with Gasteiger partial charge in [-0.2, -0.15) is 0 Å². The lowest BCUT2D eigenvalue weighted by Gasteiger charge is -2.20. The summed E-state index contributed by atoms with van der Waals surface area (Å²) in [4.78, 5) is 30.3. The quantitative estimate of drug-likeness (QED) is 0.326. The van der Waals surface area contributed by atoms with E-state index in [0.29, 0.717) is 28.6 Å². The van der Waals surface area contributed by atoms with Crippen LogP contribution in [-0.4, -0.2) is 43.0 Å². The maximum Gasteiger partial charge on any atom is 0.363 e. The molecule has 30 heavy (non-hydrogen) atoms. The Labute approximate surface area is 171 Å². The number of methoxy groups -OCH3 is 1. The van der Waals surface area contributed by atoms with Gasteiger partial charge in [0.15, 0.2) is 11.4 Å². The summed E-state index contributed by atoms with van der Waals surface area (Å²) in [5.74, 6) is 0.256. The van der Waals surface area contributed by atoms with E-state index in [0.717, 1.165) is 0 Å². The van der Waals surface area contributed by atoms with Crippen molar-refractivity contribution in [3.8, 4) is 22.9 Å². The van der Waals surface area contributed by atoms with Crippen molar-refractivity contribution in [3.05, 3.63) is 52.5 Å². The number of hydrogen-bond acceptors (Lipinski definition) is 9. The average Bonchev–Trinajstić information content (AvgIpc) is 3.16. The van der Waals surface area contributed by atoms with E-state index in [1.165, 1.54) is 19.2 Å². The molecular formula is C19H20N6O5. The Balaban J connectivity index is 1.79. The highest BCUT2D eigenvalue weighted by atomic mass is 16.6. The molecule has 0 aliphatic heterocycles. The molecule has 0 aliphatic rings. The second-order valence-corrected chi connectivity index (χ2v) is 7.17. The number of ether oxygens (including phenoxy) is 2. The number of carbonyl (C=O) groups is 1. The van der Waals surface area contributed by atoms with E-state index in [2.05, 4.69) is 20.3 Å². The number of esters is 1. The van der Waals surface area contributed by atoms with E-state index in [4.69, 9.17) is 9.47 Å². The van der Waals surface area contributed by atoms with Gasteiger partial charge in [-0.05, 0) is 35.9 Å². The van der Waals surface area contributed by atoms with Crippen molar-refractivity contribution < 1.29 is 19.2 Å². The first-order valence-electron chi connectivity index (χ1n) is 8.94. The van der Waals surface area contributed by atoms with Crippen molar-refractivity contribution in [3.63, 3.8) is 0 Å². The van der Waals surface area contributed by atoms with Crippen LogP contribution in [0.5, 0.6) is 11.5 Å². The van der Waals surface area contributed by atoms with Gasteiger partial charge in [-0.15, -0.1) is 5.10 Å². The summed E-state index contributed by atoms with van der Waals surface area (Å²) >= 11 is 0. The number of carbonyl (C=O) groups excluding carboxylic acids is 1. The van der Waals surface area contributed by atoms with Crippen LogP contribution in [0.25, 0.3) is 11.4 Å². The molecule has 0 aromatic carbocycles. The standard InChI is InChI=1S/C19H20N6O5/c1-12-16(5-6-17(21-12)25(27)28)30-13-7-8-20-14(9-13)15-10-24(23-22-15)11-19(2,3)18(26)29-4/h5-10H,11H2,1-4H3. The highest BCUT2D eigenvalue weighted by Crippen LogP contribution is 2.28. The Bertz CT molecular complexity index is 1090. The summed E-state index contributed by atoms with van der Waals surface area (Å²) in [5.41, 5.74) is 0.638. The maximum absolute atomic E-state index is 11.9. The molecule has 3 rings (SSSR count). The van der Waals surface area contributed by atoms with Gasteiger partial charge in [-0.25, -0.2) is 0 Å². The summed E-state index contributed by atoms with van der Waals surface area (Å²) in [5, 5.41) is 19.0. The molecule has 11 nitrogen and oxygen atoms in total. The first-order chi connectivity index (χ1) is 14.2. The summed E-state index contributed by atoms with van der Waals surface area (Å²) in [7, 11) is 1.34. The van der Waals surface area contributed by atoms with Gasteiger partial charge in [0, 0.05) is 25.3 Å². The van der Waals surface area contributed by atoms with Gasteiger partial charge in [0.1, 0.15) is 11.4 Å². The number of hydrogen-bond donors (Lipinski definition) is 0. The van der Waals surface area contributed by atoms with Crippen molar-refractivity contribution in [1.82, 2.24) is 25.0 Å². The van der Waals surface area contributed by atoms with Gasteiger partial charge in [0.25, 0.3) is 0 Å². The van der Waals surface area contributed by atoms with Crippen LogP contribution in [0.1, 0.15) is 19.5 Å². The van der Waals surface area contributed by atoms with Crippen molar-refractivity contribution in [2.45, 2.75) is 27.3 Å². The Morgan fingerprint density at radius 2 is 2.03 bits per heavy atom. The predicted molar refractivity (Wildman–Crippen MR) is 105 cm³/mol. The second-order valence-electron chi connectivity index (χ2n) is 7.17. The fourth-order valence-corrected chi connectivity index (χ4v) is 2.73. The van der Waals surface area contributed by atoms with Crippen molar-refractivity contribution in [2.75, 3.05) is 7.11 Å². The summed E-state index contributed by atoms with van der Waals surface area (Å²) in [6.45, 7) is 5.43. The molecule has 0 N–H and O–H groups in total. The summed E-state index contributed by atoms with van der Waals surface area (Å²) in [6.07, 6.45) is 3.23. The third-order valence-electron chi connectivity index (χ3n) is 4.27. The van der Waals surface area contributed by atoms with E-state index in [-0.39, 0.29) is 18.3 Å². The minimum absolute atomic E-state index is 0.248. The van der Waals surface area contributed by atoms with Crippen LogP contribution in [0.2, 0.25) is 0 Å². The van der Waals surface area contributed by atoms with Gasteiger partial charge in [0.2, 0.25) is 0 Å². The number of aromatic nitrogens is 5. The smallest absolute Gasteiger partial charge is 0.363 e. The van der Waals surface area contributed by atoms with Gasteiger partial charge >= 0.3 is 11.8 Å². The third kappa shape index (κ3) is 4.57. The number of nitro groups is 1. The molecule has 0 aliphatic carbocycles. The fourth-order valence-electron chi connectivity index (χ4n) is 2.73. The van der Waals surface area contributed by atoms with Crippen LogP contribution in [0.15, 0.2) is 36.7 Å². The van der Waals surface area contributed by atoms with Crippen LogP contribution in [0.3, 0.4) is 0 Å². The SMILES string of the molecule is COC(=O)C(C)(C)Cn1cc(-c2cc(Oc3ccc([N+](=O)[O-])nc3C)ccn2)nn1. The number of aryl methyl sites for hydroxylation is 1. The van der Waals surface area contributed by atoms with Gasteiger partial charge in [0.05, 0.1) is 31.0 Å². The molecule has 0 radical (unpaired) electrons. The van der Waals surface area contributed by atoms with E-state index in [1.54, 1.807) is 50.0 Å². The number of rotatable bonds is 7. The van der Waals surface area contributed by atoms with Crippen LogP contribution >= 0.6 is 0 Å². The van der Waals surface area contributed by atoms with E-state index in [9.17, 15) is 14.9 Å². The van der Waals surface area contributed by atoms with E-state index < -0.39 is 10.3 Å². The molecule has 0 saturated carbocycles. The molecule has 0 atom stereocenters. The molecule has 3 heterocycles. The lowest BCUT2D eigenvalue weighted by molar-refractivity contribution is -0.389. The highest BCUT2D eigenvalue weighted by molar-refractivity contribution is 5.75. The largest absolute Gasteiger partial charge is 0.469 e. The molecule has 0 bridgehead atoms. The highest BCUT2D eigenvalue weighted by Gasteiger charge is 2.30. The molecule has 3 aromatic heterocycles. The molecule has 0 fully saturated rings. The van der Waals surface area contributed by atoms with Gasteiger partial charge in [-0.1, -0.05) is 5.21 Å². The Hall–Kier alpha value is -3.89. The van der Waals surface area contributed by atoms with Crippen LogP contribution in [-0.2, 0) is 16.1 Å². The normalized spacial score (nSPS) is 11.2. The molecule has 0 amide bonds. The molecular weight excluding hydrogens is 392 g/mol. The summed E-state index contributed by atoms with van der Waals surface area (Å²) in [6, 6.07) is 6.08. The molecule has 0 unspecified atom stereocenters. The zero-order valence-corrected chi connectivity index (χ0v) is 16.9. The van der Waals surface area contributed by atoms with Crippen LogP contribution < -0.4 is 4.74 Å². The number of nitrogens with zero attached hydrogens (tertiary/aromatic N) is 6. The minimum Gasteiger partial charge on any atom is -0.469 e. The first-order valence-corrected chi connectivity index (χ1v) is 8.94. The lowest BCUT2D eigenvalue weighted by Crippen LogP contribution is -2.30. The van der Waals surface area contributed by atoms with Gasteiger partial charge in [-0.3, -0.25) is 14.5 Å². The lowest BCUT2D eigenvalue weighted by atomic mass is 9.94. The Kier molecular flexibility index (Phi) is 5.72. The molecule has 3 aromatic rings. The minimum atomic E-state index is -0.765. The van der Waals surface area contributed by atoms with E-state index >= 15 is 0 Å². The summed E-state index contributed by atoms with van der Waals surface area (Å²) < 4.78 is 12.2. The first kappa shape index (κ1) is 20.8. The second kappa shape index (κ2) is 8.23. The topological polar surface area (TPSA) is 135 Å². The van der Waals surface area contributed by atoms with Crippen molar-refractivity contribution >= 4 is 11.8 Å². The van der Waals surface area contributed by atoms with Crippen molar-refractivity contribution in [2.24, 2.45) is 5.41 Å². The molecule has 0 saturated heterocycles. The predicted octanol–water partition coefficient (Wildman–Crippen LogP) is 2.94. The monoisotopic (exact) mass is 412 g/mol. The van der Waals surface area contributed by atoms with Gasteiger partial charge < -0.3 is 19.6 Å². The Morgan fingerprint density at radius 1 is 1.27 bits per heavy atom. The zero-order valence-electron chi connectivity index (χ0n) is 16.9. The van der Waals surface area contributed by atoms with E-state index in [1.807, 2.05) is 0 Å². The fraction of sp³-hybridized carbons (Fsp3) is 0.316. The zero-order chi connectivity index (χ0) is 21.9. The molecule has 156 valence electrons. The van der Waals surface area contributed by atoms with Crippen molar-refractivity contribution in [1.29, 1.82) is 0 Å². The molecule has 11 heteroatoms. The maximum atomic E-state index is 11.9. The van der Waals surface area contributed by atoms with Crippen LogP contribution in [0, 0.1) is 22.5 Å². The third-order valence-corrected chi connectivity index (χ3v) is 4.27. The number of pyridine rings is 2. The average molecular weight is 412 g/mol. The molecule has 0 spiro atoms.